The summed E-state index contributed by atoms with van der Waals surface area (Å²) >= 11 is 5.98. The van der Waals surface area contributed by atoms with Gasteiger partial charge in [-0.05, 0) is 37.3 Å². The van der Waals surface area contributed by atoms with Crippen molar-refractivity contribution in [2.24, 2.45) is 0 Å². The fourth-order valence-electron chi connectivity index (χ4n) is 3.64. The van der Waals surface area contributed by atoms with E-state index < -0.39 is 16.0 Å². The predicted octanol–water partition coefficient (Wildman–Crippen LogP) is 2.67. The maximum Gasteiger partial charge on any atom is 0.340 e. The van der Waals surface area contributed by atoms with Crippen molar-refractivity contribution >= 4 is 44.3 Å². The number of ether oxygens (including phenoxy) is 2. The number of sulfonamides is 1. The third-order valence-electron chi connectivity index (χ3n) is 5.33. The number of aryl methyl sites for hydroxylation is 1. The van der Waals surface area contributed by atoms with Gasteiger partial charge in [-0.1, -0.05) is 17.7 Å². The number of imidazole rings is 1. The summed E-state index contributed by atoms with van der Waals surface area (Å²) in [6.45, 7) is 3.78. The number of anilines is 1. The number of esters is 1. The summed E-state index contributed by atoms with van der Waals surface area (Å²) < 4.78 is 39.9. The van der Waals surface area contributed by atoms with E-state index in [0.29, 0.717) is 44.2 Å². The Bertz CT molecular complexity index is 1270. The first-order valence-corrected chi connectivity index (χ1v) is 11.9. The molecule has 0 aliphatic carbocycles. The minimum atomic E-state index is -3.64. The fraction of sp³-hybridized carbons (Fsp3) is 0.333. The molecule has 1 aromatic heterocycles. The standard InChI is InChI=1S/C21H23ClN4O5S/c1-2-26-18-7-6-14(32(28,29)25-8-10-30-11-9-25)12-17(18)24-19(26)13-31-21(27)15-4-3-5-16(22)20(15)23/h3-7,12H,2,8-11,13,23H2,1H3. The van der Waals surface area contributed by atoms with Crippen LogP contribution in [0, 0.1) is 0 Å². The molecule has 2 aromatic carbocycles. The van der Waals surface area contributed by atoms with E-state index in [2.05, 4.69) is 4.98 Å². The first-order chi connectivity index (χ1) is 15.3. The SMILES string of the molecule is CCn1c(COC(=O)c2cccc(Cl)c2N)nc2cc(S(=O)(=O)N3CCOCC3)ccc21. The Morgan fingerprint density at radius 2 is 2.00 bits per heavy atom. The summed E-state index contributed by atoms with van der Waals surface area (Å²) in [5.74, 6) is -0.118. The lowest BCUT2D eigenvalue weighted by molar-refractivity contribution is 0.0460. The zero-order valence-electron chi connectivity index (χ0n) is 17.5. The van der Waals surface area contributed by atoms with Crippen LogP contribution >= 0.6 is 11.6 Å². The van der Waals surface area contributed by atoms with Crippen LogP contribution in [0.2, 0.25) is 5.02 Å². The van der Waals surface area contributed by atoms with E-state index in [0.717, 1.165) is 5.52 Å². The Labute approximate surface area is 190 Å². The van der Waals surface area contributed by atoms with E-state index in [9.17, 15) is 13.2 Å². The maximum atomic E-state index is 13.0. The van der Waals surface area contributed by atoms with Gasteiger partial charge in [-0.3, -0.25) is 0 Å². The van der Waals surface area contributed by atoms with Crippen LogP contribution in [0.25, 0.3) is 11.0 Å². The van der Waals surface area contributed by atoms with Gasteiger partial charge >= 0.3 is 5.97 Å². The lowest BCUT2D eigenvalue weighted by Gasteiger charge is -2.26. The Kier molecular flexibility index (Phi) is 6.38. The van der Waals surface area contributed by atoms with Crippen LogP contribution in [0.5, 0.6) is 0 Å². The number of carbonyl (C=O) groups is 1. The normalized spacial score (nSPS) is 15.2. The van der Waals surface area contributed by atoms with Crippen molar-refractivity contribution in [2.75, 3.05) is 32.0 Å². The summed E-state index contributed by atoms with van der Waals surface area (Å²) in [6, 6.07) is 9.59. The molecule has 1 aliphatic rings. The van der Waals surface area contributed by atoms with Crippen LogP contribution in [-0.2, 0) is 32.6 Å². The highest BCUT2D eigenvalue weighted by Crippen LogP contribution is 2.25. The molecular weight excluding hydrogens is 456 g/mol. The second kappa shape index (κ2) is 9.07. The summed E-state index contributed by atoms with van der Waals surface area (Å²) in [6.07, 6.45) is 0. The molecule has 0 amide bonds. The van der Waals surface area contributed by atoms with Crippen molar-refractivity contribution in [1.29, 1.82) is 0 Å². The van der Waals surface area contributed by atoms with Gasteiger partial charge in [0.2, 0.25) is 10.0 Å². The number of rotatable bonds is 6. The van der Waals surface area contributed by atoms with Crippen LogP contribution in [0.4, 0.5) is 5.69 Å². The molecule has 2 heterocycles. The van der Waals surface area contributed by atoms with Gasteiger partial charge in [0.25, 0.3) is 0 Å². The van der Waals surface area contributed by atoms with Crippen LogP contribution in [0.1, 0.15) is 23.1 Å². The molecule has 9 nitrogen and oxygen atoms in total. The Balaban J connectivity index is 1.60. The van der Waals surface area contributed by atoms with Gasteiger partial charge < -0.3 is 19.8 Å². The quantitative estimate of drug-likeness (QED) is 0.427. The lowest BCUT2D eigenvalue weighted by Crippen LogP contribution is -2.40. The summed E-state index contributed by atoms with van der Waals surface area (Å²) in [7, 11) is -3.64. The first-order valence-electron chi connectivity index (χ1n) is 10.1. The number of morpholine rings is 1. The van der Waals surface area contributed by atoms with Crippen LogP contribution in [-0.4, -0.2) is 54.5 Å². The van der Waals surface area contributed by atoms with Gasteiger partial charge in [0.1, 0.15) is 12.4 Å². The number of nitrogens with two attached hydrogens (primary N) is 1. The molecule has 11 heteroatoms. The van der Waals surface area contributed by atoms with Gasteiger partial charge in [0.15, 0.2) is 0 Å². The van der Waals surface area contributed by atoms with Crippen molar-refractivity contribution in [1.82, 2.24) is 13.9 Å². The molecule has 0 spiro atoms. The Hall–Kier alpha value is -2.66. The highest BCUT2D eigenvalue weighted by molar-refractivity contribution is 7.89. The number of para-hydroxylation sites is 1. The second-order valence-corrected chi connectivity index (χ2v) is 9.56. The van der Waals surface area contributed by atoms with Crippen molar-refractivity contribution in [3.05, 3.63) is 52.8 Å². The Morgan fingerprint density at radius 1 is 1.25 bits per heavy atom. The Morgan fingerprint density at radius 3 is 2.72 bits per heavy atom. The molecule has 1 aliphatic heterocycles. The number of aromatic nitrogens is 2. The highest BCUT2D eigenvalue weighted by atomic mass is 35.5. The number of benzene rings is 2. The van der Waals surface area contributed by atoms with Crippen molar-refractivity contribution in [3.63, 3.8) is 0 Å². The number of hydrogen-bond donors (Lipinski definition) is 1. The van der Waals surface area contributed by atoms with Crippen LogP contribution in [0.3, 0.4) is 0 Å². The fourth-order valence-corrected chi connectivity index (χ4v) is 5.24. The molecule has 0 saturated carbocycles. The monoisotopic (exact) mass is 478 g/mol. The molecule has 2 N–H and O–H groups in total. The first kappa shape index (κ1) is 22.5. The molecule has 4 rings (SSSR count). The van der Waals surface area contributed by atoms with E-state index in [4.69, 9.17) is 26.8 Å². The smallest absolute Gasteiger partial charge is 0.340 e. The third kappa shape index (κ3) is 4.18. The minimum absolute atomic E-state index is 0.0984. The van der Waals surface area contributed by atoms with E-state index >= 15 is 0 Å². The second-order valence-electron chi connectivity index (χ2n) is 7.22. The number of carbonyl (C=O) groups excluding carboxylic acids is 1. The molecule has 1 fully saturated rings. The van der Waals surface area contributed by atoms with E-state index in [-0.39, 0.29) is 27.8 Å². The summed E-state index contributed by atoms with van der Waals surface area (Å²) in [5, 5.41) is 0.272. The van der Waals surface area contributed by atoms with Gasteiger partial charge in [0, 0.05) is 19.6 Å². The predicted molar refractivity (Wildman–Crippen MR) is 120 cm³/mol. The molecule has 0 atom stereocenters. The van der Waals surface area contributed by atoms with E-state index in [1.807, 2.05) is 11.5 Å². The molecule has 1 saturated heterocycles. The van der Waals surface area contributed by atoms with E-state index in [1.54, 1.807) is 30.3 Å². The number of nitrogens with zero attached hydrogens (tertiary/aromatic N) is 3. The van der Waals surface area contributed by atoms with Gasteiger partial charge in [0.05, 0.1) is 45.4 Å². The maximum absolute atomic E-state index is 13.0. The van der Waals surface area contributed by atoms with Crippen molar-refractivity contribution in [2.45, 2.75) is 25.0 Å². The highest BCUT2D eigenvalue weighted by Gasteiger charge is 2.27. The van der Waals surface area contributed by atoms with Crippen LogP contribution in [0.15, 0.2) is 41.3 Å². The van der Waals surface area contributed by atoms with Crippen LogP contribution < -0.4 is 5.73 Å². The molecular formula is C21H23ClN4O5S. The zero-order valence-corrected chi connectivity index (χ0v) is 19.0. The molecule has 3 aromatic rings. The topological polar surface area (TPSA) is 117 Å². The average molecular weight is 479 g/mol. The van der Waals surface area contributed by atoms with Crippen molar-refractivity contribution in [3.8, 4) is 0 Å². The van der Waals surface area contributed by atoms with Crippen molar-refractivity contribution < 1.29 is 22.7 Å². The summed E-state index contributed by atoms with van der Waals surface area (Å²) in [4.78, 5) is 17.2. The third-order valence-corrected chi connectivity index (χ3v) is 7.55. The average Bonchev–Trinajstić information content (AvgIpc) is 3.16. The zero-order chi connectivity index (χ0) is 22.9. The number of nitrogen functional groups attached to an aromatic ring is 1. The number of hydrogen-bond acceptors (Lipinski definition) is 7. The van der Waals surface area contributed by atoms with Gasteiger partial charge in [-0.2, -0.15) is 4.31 Å². The summed E-state index contributed by atoms with van der Waals surface area (Å²) in [5.41, 5.74) is 7.46. The molecule has 32 heavy (non-hydrogen) atoms. The molecule has 170 valence electrons. The molecule has 0 unspecified atom stereocenters. The lowest BCUT2D eigenvalue weighted by atomic mass is 10.2. The largest absolute Gasteiger partial charge is 0.454 e. The van der Waals surface area contributed by atoms with Gasteiger partial charge in [-0.15, -0.1) is 0 Å². The van der Waals surface area contributed by atoms with Gasteiger partial charge in [-0.25, -0.2) is 18.2 Å². The number of fused-ring (bicyclic) bond motifs is 1. The minimum Gasteiger partial charge on any atom is -0.454 e. The molecule has 0 radical (unpaired) electrons. The number of halogens is 1. The molecule has 0 bridgehead atoms. The van der Waals surface area contributed by atoms with E-state index in [1.165, 1.54) is 10.4 Å².